The summed E-state index contributed by atoms with van der Waals surface area (Å²) in [4.78, 5) is 24.0. The van der Waals surface area contributed by atoms with Gasteiger partial charge in [0.1, 0.15) is 0 Å². The zero-order chi connectivity index (χ0) is 17.4. The van der Waals surface area contributed by atoms with E-state index in [0.29, 0.717) is 12.5 Å². The third-order valence-corrected chi connectivity index (χ3v) is 3.72. The van der Waals surface area contributed by atoms with Crippen molar-refractivity contribution in [2.24, 2.45) is 11.7 Å². The van der Waals surface area contributed by atoms with E-state index in [2.05, 4.69) is 0 Å². The monoisotopic (exact) mass is 323 g/mol. The molecule has 0 aliphatic carbocycles. The number of nitro benzene ring substituents is 1. The van der Waals surface area contributed by atoms with E-state index >= 15 is 0 Å². The van der Waals surface area contributed by atoms with Crippen LogP contribution in [0.3, 0.4) is 0 Å². The number of carbonyl (C=O) groups excluding carboxylic acids is 1. The van der Waals surface area contributed by atoms with Gasteiger partial charge in [-0.3, -0.25) is 14.9 Å². The summed E-state index contributed by atoms with van der Waals surface area (Å²) in [6, 6.07) is 6.18. The SMILES string of the molecule is CC(C)C(N)CCN(C)C(=O)CCOc1ccccc1[N+](=O)[O-]. The lowest BCUT2D eigenvalue weighted by Gasteiger charge is -2.21. The number of hydrogen-bond acceptors (Lipinski definition) is 5. The molecule has 7 nitrogen and oxygen atoms in total. The number of nitrogens with two attached hydrogens (primary N) is 1. The first-order valence-corrected chi connectivity index (χ1v) is 7.68. The third kappa shape index (κ3) is 6.23. The first-order valence-electron chi connectivity index (χ1n) is 7.68. The summed E-state index contributed by atoms with van der Waals surface area (Å²) in [5.74, 6) is 0.481. The topological polar surface area (TPSA) is 98.7 Å². The van der Waals surface area contributed by atoms with Crippen molar-refractivity contribution in [3.05, 3.63) is 34.4 Å². The summed E-state index contributed by atoms with van der Waals surface area (Å²) < 4.78 is 5.37. The van der Waals surface area contributed by atoms with Gasteiger partial charge in [0, 0.05) is 25.7 Å². The molecule has 23 heavy (non-hydrogen) atoms. The van der Waals surface area contributed by atoms with Crippen LogP contribution in [0.2, 0.25) is 0 Å². The van der Waals surface area contributed by atoms with Crippen LogP contribution in [0.4, 0.5) is 5.69 Å². The fraction of sp³-hybridized carbons (Fsp3) is 0.562. The maximum absolute atomic E-state index is 12.0. The van der Waals surface area contributed by atoms with Crippen LogP contribution in [0.25, 0.3) is 0 Å². The van der Waals surface area contributed by atoms with Crippen LogP contribution in [0.5, 0.6) is 5.75 Å². The van der Waals surface area contributed by atoms with Gasteiger partial charge in [0.15, 0.2) is 5.75 Å². The highest BCUT2D eigenvalue weighted by molar-refractivity contribution is 5.76. The summed E-state index contributed by atoms with van der Waals surface area (Å²) in [6.07, 6.45) is 0.907. The number of rotatable bonds is 9. The van der Waals surface area contributed by atoms with Gasteiger partial charge in [-0.2, -0.15) is 0 Å². The van der Waals surface area contributed by atoms with E-state index < -0.39 is 4.92 Å². The largest absolute Gasteiger partial charge is 0.486 e. The van der Waals surface area contributed by atoms with Gasteiger partial charge in [-0.25, -0.2) is 0 Å². The molecule has 0 radical (unpaired) electrons. The van der Waals surface area contributed by atoms with Crippen molar-refractivity contribution in [1.82, 2.24) is 4.90 Å². The van der Waals surface area contributed by atoms with Crippen LogP contribution in [-0.4, -0.2) is 42.0 Å². The fourth-order valence-electron chi connectivity index (χ4n) is 1.97. The number of carbonyl (C=O) groups is 1. The number of para-hydroxylation sites is 2. The summed E-state index contributed by atoms with van der Waals surface area (Å²) in [7, 11) is 1.72. The lowest BCUT2D eigenvalue weighted by Crippen LogP contribution is -2.35. The van der Waals surface area contributed by atoms with Gasteiger partial charge in [-0.15, -0.1) is 0 Å². The molecule has 0 saturated carbocycles. The fourth-order valence-corrected chi connectivity index (χ4v) is 1.97. The average molecular weight is 323 g/mol. The van der Waals surface area contributed by atoms with Crippen molar-refractivity contribution in [2.45, 2.75) is 32.7 Å². The van der Waals surface area contributed by atoms with Crippen molar-refractivity contribution in [2.75, 3.05) is 20.2 Å². The van der Waals surface area contributed by atoms with Gasteiger partial charge < -0.3 is 15.4 Å². The van der Waals surface area contributed by atoms with E-state index in [1.54, 1.807) is 24.1 Å². The van der Waals surface area contributed by atoms with Crippen molar-refractivity contribution in [3.8, 4) is 5.75 Å². The molecular formula is C16H25N3O4. The van der Waals surface area contributed by atoms with Gasteiger partial charge in [-0.1, -0.05) is 26.0 Å². The molecule has 1 unspecified atom stereocenters. The van der Waals surface area contributed by atoms with E-state index in [-0.39, 0.29) is 36.4 Å². The van der Waals surface area contributed by atoms with Crippen molar-refractivity contribution in [3.63, 3.8) is 0 Å². The second-order valence-electron chi connectivity index (χ2n) is 5.84. The van der Waals surface area contributed by atoms with E-state index in [0.717, 1.165) is 6.42 Å². The molecule has 2 N–H and O–H groups in total. The molecule has 0 fully saturated rings. The second kappa shape index (κ2) is 9.09. The Hall–Kier alpha value is -2.15. The van der Waals surface area contributed by atoms with E-state index in [4.69, 9.17) is 10.5 Å². The summed E-state index contributed by atoms with van der Waals surface area (Å²) >= 11 is 0. The smallest absolute Gasteiger partial charge is 0.310 e. The minimum Gasteiger partial charge on any atom is -0.486 e. The quantitative estimate of drug-likeness (QED) is 0.555. The van der Waals surface area contributed by atoms with Crippen molar-refractivity contribution >= 4 is 11.6 Å². The van der Waals surface area contributed by atoms with Crippen molar-refractivity contribution in [1.29, 1.82) is 0 Å². The van der Waals surface area contributed by atoms with E-state index in [1.807, 2.05) is 13.8 Å². The van der Waals surface area contributed by atoms with Crippen LogP contribution in [0, 0.1) is 16.0 Å². The number of amides is 1. The molecule has 7 heteroatoms. The molecule has 128 valence electrons. The lowest BCUT2D eigenvalue weighted by molar-refractivity contribution is -0.385. The predicted molar refractivity (Wildman–Crippen MR) is 88.3 cm³/mol. The van der Waals surface area contributed by atoms with Crippen molar-refractivity contribution < 1.29 is 14.5 Å². The highest BCUT2D eigenvalue weighted by atomic mass is 16.6. The third-order valence-electron chi connectivity index (χ3n) is 3.72. The Balaban J connectivity index is 2.40. The zero-order valence-electron chi connectivity index (χ0n) is 13.9. The normalized spacial score (nSPS) is 12.0. The number of ether oxygens (including phenoxy) is 1. The first kappa shape index (κ1) is 18.9. The molecule has 1 aromatic rings. The molecule has 0 saturated heterocycles. The van der Waals surface area contributed by atoms with Crippen LogP contribution in [0.1, 0.15) is 26.7 Å². The van der Waals surface area contributed by atoms with Crippen LogP contribution in [-0.2, 0) is 4.79 Å². The van der Waals surface area contributed by atoms with Crippen LogP contribution in [0.15, 0.2) is 24.3 Å². The number of hydrogen-bond donors (Lipinski definition) is 1. The Bertz CT molecular complexity index is 534. The first-order chi connectivity index (χ1) is 10.8. The standard InChI is InChI=1S/C16H25N3O4/c1-12(2)13(17)8-10-18(3)16(20)9-11-23-15-7-5-4-6-14(15)19(21)22/h4-7,12-13H,8-11,17H2,1-3H3. The van der Waals surface area contributed by atoms with Gasteiger partial charge in [0.25, 0.3) is 0 Å². The Labute approximate surface area is 136 Å². The number of nitro groups is 1. The van der Waals surface area contributed by atoms with Gasteiger partial charge >= 0.3 is 5.69 Å². The summed E-state index contributed by atoms with van der Waals surface area (Å²) in [6.45, 7) is 4.79. The molecular weight excluding hydrogens is 298 g/mol. The Morgan fingerprint density at radius 2 is 2.04 bits per heavy atom. The minimum absolute atomic E-state index is 0.0634. The molecule has 0 spiro atoms. The molecule has 0 bridgehead atoms. The van der Waals surface area contributed by atoms with Crippen LogP contribution < -0.4 is 10.5 Å². The second-order valence-corrected chi connectivity index (χ2v) is 5.84. The minimum atomic E-state index is -0.503. The highest BCUT2D eigenvalue weighted by Gasteiger charge is 2.16. The van der Waals surface area contributed by atoms with Gasteiger partial charge in [0.05, 0.1) is 18.0 Å². The summed E-state index contributed by atoms with van der Waals surface area (Å²) in [5, 5.41) is 10.9. The molecule has 0 aromatic heterocycles. The molecule has 1 amide bonds. The Kier molecular flexibility index (Phi) is 7.47. The maximum Gasteiger partial charge on any atom is 0.310 e. The molecule has 0 aliphatic rings. The van der Waals surface area contributed by atoms with E-state index in [9.17, 15) is 14.9 Å². The Morgan fingerprint density at radius 1 is 1.39 bits per heavy atom. The molecule has 0 heterocycles. The Morgan fingerprint density at radius 3 is 2.65 bits per heavy atom. The lowest BCUT2D eigenvalue weighted by atomic mass is 10.0. The van der Waals surface area contributed by atoms with Gasteiger partial charge in [0.2, 0.25) is 5.91 Å². The molecule has 1 aromatic carbocycles. The van der Waals surface area contributed by atoms with Gasteiger partial charge in [-0.05, 0) is 18.4 Å². The van der Waals surface area contributed by atoms with E-state index in [1.165, 1.54) is 12.1 Å². The molecule has 1 atom stereocenters. The maximum atomic E-state index is 12.0. The molecule has 0 aliphatic heterocycles. The number of benzene rings is 1. The van der Waals surface area contributed by atoms with Crippen LogP contribution >= 0.6 is 0 Å². The average Bonchev–Trinajstić information content (AvgIpc) is 2.52. The molecule has 1 rings (SSSR count). The predicted octanol–water partition coefficient (Wildman–Crippen LogP) is 2.20. The zero-order valence-corrected chi connectivity index (χ0v) is 13.9. The number of nitrogens with zero attached hydrogens (tertiary/aromatic N) is 2. The highest BCUT2D eigenvalue weighted by Crippen LogP contribution is 2.25. The summed E-state index contributed by atoms with van der Waals surface area (Å²) in [5.41, 5.74) is 5.86.